The molecule has 2 amide bonds. The quantitative estimate of drug-likeness (QED) is 0.459. The number of carbonyl (C=O) groups is 3. The van der Waals surface area contributed by atoms with E-state index in [-0.39, 0.29) is 30.7 Å². The third-order valence-corrected chi connectivity index (χ3v) is 6.22. The van der Waals surface area contributed by atoms with Crippen molar-refractivity contribution < 1.29 is 24.2 Å². The fraction of sp³-hybridized carbons (Fsp3) is 0.308. The molecule has 1 aromatic heterocycles. The molecule has 35 heavy (non-hydrogen) atoms. The largest absolute Gasteiger partial charge is 0.480 e. The van der Waals surface area contributed by atoms with Crippen molar-refractivity contribution in [1.82, 2.24) is 20.4 Å². The molecule has 0 saturated heterocycles. The van der Waals surface area contributed by atoms with Gasteiger partial charge in [0.1, 0.15) is 18.3 Å². The number of benzene rings is 2. The highest BCUT2D eigenvalue weighted by Gasteiger charge is 2.29. The minimum absolute atomic E-state index is 0.00663. The van der Waals surface area contributed by atoms with Crippen LogP contribution in [0.15, 0.2) is 54.7 Å². The van der Waals surface area contributed by atoms with Gasteiger partial charge >= 0.3 is 12.1 Å². The number of carboxylic acid groups (broad SMARTS) is 1. The summed E-state index contributed by atoms with van der Waals surface area (Å²) in [4.78, 5) is 36.7. The molecule has 0 unspecified atom stereocenters. The number of hydrogen-bond acceptors (Lipinski definition) is 5. The van der Waals surface area contributed by atoms with E-state index in [0.717, 1.165) is 22.3 Å². The number of aliphatic carboxylic acids is 1. The molecule has 1 atom stereocenters. The molecule has 0 spiro atoms. The lowest BCUT2D eigenvalue weighted by atomic mass is 9.98. The standard InChI is InChI=1S/C26H28N4O5/c1-15(2)22(25(32)33)29-24(31)23-16(13-28-30(23)3)12-27-26(34)35-14-21-19-10-6-4-8-17(19)18-9-5-7-11-20(18)21/h4-11,13,15,21-22H,12,14H2,1-3H3,(H,27,34)(H,29,31)(H,32,33)/t22-/m0/s1. The van der Waals surface area contributed by atoms with Crippen LogP contribution in [-0.2, 0) is 23.1 Å². The Morgan fingerprint density at radius 1 is 1.06 bits per heavy atom. The molecule has 9 heteroatoms. The van der Waals surface area contributed by atoms with Gasteiger partial charge in [-0.25, -0.2) is 9.59 Å². The number of nitrogens with one attached hydrogen (secondary N) is 2. The van der Waals surface area contributed by atoms with E-state index in [0.29, 0.717) is 5.56 Å². The average molecular weight is 477 g/mol. The Bertz CT molecular complexity index is 1220. The van der Waals surface area contributed by atoms with Crippen molar-refractivity contribution in [2.75, 3.05) is 6.61 Å². The molecule has 2 aromatic carbocycles. The summed E-state index contributed by atoms with van der Waals surface area (Å²) in [6.07, 6.45) is 0.844. The minimum Gasteiger partial charge on any atom is -0.480 e. The average Bonchev–Trinajstić information content (AvgIpc) is 3.36. The van der Waals surface area contributed by atoms with Crippen LogP contribution in [0.5, 0.6) is 0 Å². The molecule has 9 nitrogen and oxygen atoms in total. The van der Waals surface area contributed by atoms with Gasteiger partial charge in [0, 0.05) is 18.5 Å². The van der Waals surface area contributed by atoms with Crippen LogP contribution < -0.4 is 10.6 Å². The van der Waals surface area contributed by atoms with Gasteiger partial charge in [-0.3, -0.25) is 9.48 Å². The molecule has 0 aliphatic heterocycles. The van der Waals surface area contributed by atoms with Crippen molar-refractivity contribution in [2.45, 2.75) is 32.4 Å². The SMILES string of the molecule is CC(C)[C@H](NC(=O)c1c(CNC(=O)OCC2c3ccccc3-c3ccccc32)cnn1C)C(=O)O. The lowest BCUT2D eigenvalue weighted by Crippen LogP contribution is -2.45. The van der Waals surface area contributed by atoms with Crippen molar-refractivity contribution in [1.29, 1.82) is 0 Å². The van der Waals surface area contributed by atoms with Gasteiger partial charge in [-0.15, -0.1) is 0 Å². The van der Waals surface area contributed by atoms with Crippen LogP contribution in [0.2, 0.25) is 0 Å². The zero-order chi connectivity index (χ0) is 25.1. The number of fused-ring (bicyclic) bond motifs is 3. The number of rotatable bonds is 8. The number of aromatic nitrogens is 2. The second-order valence-corrected chi connectivity index (χ2v) is 8.85. The van der Waals surface area contributed by atoms with Crippen molar-refractivity contribution in [3.8, 4) is 11.1 Å². The molecule has 182 valence electrons. The van der Waals surface area contributed by atoms with Crippen LogP contribution in [0.25, 0.3) is 11.1 Å². The van der Waals surface area contributed by atoms with E-state index in [4.69, 9.17) is 4.74 Å². The predicted molar refractivity (Wildman–Crippen MR) is 129 cm³/mol. The number of nitrogens with zero attached hydrogens (tertiary/aromatic N) is 2. The number of carbonyl (C=O) groups excluding carboxylic acids is 2. The summed E-state index contributed by atoms with van der Waals surface area (Å²) in [6.45, 7) is 3.60. The first-order valence-electron chi connectivity index (χ1n) is 11.4. The van der Waals surface area contributed by atoms with Gasteiger partial charge in [0.05, 0.1) is 12.7 Å². The van der Waals surface area contributed by atoms with Crippen LogP contribution >= 0.6 is 0 Å². The first kappa shape index (κ1) is 24.0. The van der Waals surface area contributed by atoms with Crippen molar-refractivity contribution in [3.05, 3.63) is 77.1 Å². The molecular weight excluding hydrogens is 448 g/mol. The number of amides is 2. The highest BCUT2D eigenvalue weighted by molar-refractivity contribution is 5.96. The van der Waals surface area contributed by atoms with E-state index < -0.39 is 24.0 Å². The molecule has 0 saturated carbocycles. The molecule has 1 aliphatic carbocycles. The molecule has 4 rings (SSSR count). The normalized spacial score (nSPS) is 13.1. The van der Waals surface area contributed by atoms with E-state index in [1.807, 2.05) is 36.4 Å². The zero-order valence-electron chi connectivity index (χ0n) is 19.8. The van der Waals surface area contributed by atoms with E-state index in [1.165, 1.54) is 10.9 Å². The minimum atomic E-state index is -1.12. The third-order valence-electron chi connectivity index (χ3n) is 6.22. The molecule has 1 aliphatic rings. The summed E-state index contributed by atoms with van der Waals surface area (Å²) < 4.78 is 6.89. The molecule has 3 N–H and O–H groups in total. The fourth-order valence-corrected chi connectivity index (χ4v) is 4.45. The van der Waals surface area contributed by atoms with Gasteiger partial charge in [0.25, 0.3) is 5.91 Å². The number of carboxylic acids is 1. The Morgan fingerprint density at radius 3 is 2.23 bits per heavy atom. The van der Waals surface area contributed by atoms with Crippen LogP contribution in [0.1, 0.15) is 46.9 Å². The van der Waals surface area contributed by atoms with E-state index in [1.54, 1.807) is 20.9 Å². The first-order chi connectivity index (χ1) is 16.8. The second-order valence-electron chi connectivity index (χ2n) is 8.85. The second kappa shape index (κ2) is 10.0. The summed E-state index contributed by atoms with van der Waals surface area (Å²) in [5.41, 5.74) is 5.15. The molecule has 3 aromatic rings. The van der Waals surface area contributed by atoms with Gasteiger partial charge < -0.3 is 20.5 Å². The Hall–Kier alpha value is -4.14. The van der Waals surface area contributed by atoms with Crippen LogP contribution in [-0.4, -0.2) is 45.5 Å². The topological polar surface area (TPSA) is 123 Å². The van der Waals surface area contributed by atoms with Crippen molar-refractivity contribution in [2.24, 2.45) is 13.0 Å². The van der Waals surface area contributed by atoms with E-state index in [2.05, 4.69) is 27.9 Å². The van der Waals surface area contributed by atoms with Crippen LogP contribution in [0.3, 0.4) is 0 Å². The molecular formula is C26H28N4O5. The van der Waals surface area contributed by atoms with Gasteiger partial charge in [-0.1, -0.05) is 62.4 Å². The number of hydrogen-bond donors (Lipinski definition) is 3. The number of ether oxygens (including phenoxy) is 1. The lowest BCUT2D eigenvalue weighted by Gasteiger charge is -2.18. The van der Waals surface area contributed by atoms with Crippen molar-refractivity contribution >= 4 is 18.0 Å². The number of aryl methyl sites for hydroxylation is 1. The van der Waals surface area contributed by atoms with Crippen molar-refractivity contribution in [3.63, 3.8) is 0 Å². The third kappa shape index (κ3) is 4.89. The van der Waals surface area contributed by atoms with Gasteiger partial charge in [0.2, 0.25) is 0 Å². The van der Waals surface area contributed by atoms with Gasteiger partial charge in [-0.2, -0.15) is 5.10 Å². The maximum Gasteiger partial charge on any atom is 0.407 e. The Balaban J connectivity index is 1.39. The van der Waals surface area contributed by atoms with Gasteiger partial charge in [-0.05, 0) is 28.2 Å². The van der Waals surface area contributed by atoms with E-state index >= 15 is 0 Å². The van der Waals surface area contributed by atoms with Crippen LogP contribution in [0.4, 0.5) is 4.79 Å². The lowest BCUT2D eigenvalue weighted by molar-refractivity contribution is -0.140. The summed E-state index contributed by atoms with van der Waals surface area (Å²) in [5.74, 6) is -2.05. The summed E-state index contributed by atoms with van der Waals surface area (Å²) in [5, 5.41) is 18.6. The maximum absolute atomic E-state index is 12.8. The first-order valence-corrected chi connectivity index (χ1v) is 11.4. The highest BCUT2D eigenvalue weighted by atomic mass is 16.5. The van der Waals surface area contributed by atoms with Crippen LogP contribution in [0, 0.1) is 5.92 Å². The molecule has 0 bridgehead atoms. The zero-order valence-corrected chi connectivity index (χ0v) is 19.8. The maximum atomic E-state index is 12.8. The van der Waals surface area contributed by atoms with E-state index in [9.17, 15) is 19.5 Å². The Kier molecular flexibility index (Phi) is 6.86. The number of alkyl carbamates (subject to hydrolysis) is 1. The molecule has 1 heterocycles. The fourth-order valence-electron chi connectivity index (χ4n) is 4.45. The summed E-state index contributed by atoms with van der Waals surface area (Å²) in [7, 11) is 1.58. The predicted octanol–water partition coefficient (Wildman–Crippen LogP) is 3.30. The molecule has 0 radical (unpaired) electrons. The molecule has 0 fully saturated rings. The summed E-state index contributed by atoms with van der Waals surface area (Å²) >= 11 is 0. The Labute approximate surface area is 203 Å². The highest BCUT2D eigenvalue weighted by Crippen LogP contribution is 2.44. The van der Waals surface area contributed by atoms with Gasteiger partial charge in [0.15, 0.2) is 0 Å². The Morgan fingerprint density at radius 2 is 1.66 bits per heavy atom. The monoisotopic (exact) mass is 476 g/mol. The smallest absolute Gasteiger partial charge is 0.407 e. The summed E-state index contributed by atoms with van der Waals surface area (Å²) in [6, 6.07) is 15.1.